The minimum atomic E-state index is 1.15. The lowest BCUT2D eigenvalue weighted by Gasteiger charge is -1.91. The van der Waals surface area contributed by atoms with Crippen LogP contribution in [0.25, 0.3) is 0 Å². The van der Waals surface area contributed by atoms with E-state index in [0.29, 0.717) is 0 Å². The van der Waals surface area contributed by atoms with E-state index in [4.69, 9.17) is 5.26 Å². The van der Waals surface area contributed by atoms with E-state index in [2.05, 4.69) is 0 Å². The highest BCUT2D eigenvalue weighted by molar-refractivity contribution is 8.02. The van der Waals surface area contributed by atoms with Gasteiger partial charge in [0.1, 0.15) is 0 Å². The van der Waals surface area contributed by atoms with E-state index in [1.807, 2.05) is 36.4 Å². The van der Waals surface area contributed by atoms with Crippen molar-refractivity contribution in [3.8, 4) is 6.07 Å². The predicted molar refractivity (Wildman–Crippen MR) is 47.1 cm³/mol. The number of hydrogen-bond donors (Lipinski definition) is 0. The minimum Gasteiger partial charge on any atom is -0.193 e. The van der Waals surface area contributed by atoms with Crippen LogP contribution in [0.1, 0.15) is 0 Å². The van der Waals surface area contributed by atoms with Gasteiger partial charge in [-0.3, -0.25) is 0 Å². The largest absolute Gasteiger partial charge is 0.193 e. The maximum atomic E-state index is 8.19. The zero-order chi connectivity index (χ0) is 7.94. The van der Waals surface area contributed by atoms with E-state index in [-0.39, 0.29) is 0 Å². The van der Waals surface area contributed by atoms with Gasteiger partial charge in [0.05, 0.1) is 6.07 Å². The zero-order valence-corrected chi connectivity index (χ0v) is 6.71. The van der Waals surface area contributed by atoms with E-state index in [1.54, 1.807) is 17.2 Å². The lowest BCUT2D eigenvalue weighted by molar-refractivity contribution is 1.47. The fourth-order valence-corrected chi connectivity index (χ4v) is 1.24. The number of allylic oxidation sites excluding steroid dienone is 1. The van der Waals surface area contributed by atoms with E-state index < -0.39 is 0 Å². The van der Waals surface area contributed by atoms with E-state index in [9.17, 15) is 0 Å². The van der Waals surface area contributed by atoms with Gasteiger partial charge in [-0.05, 0) is 17.5 Å². The van der Waals surface area contributed by atoms with Gasteiger partial charge in [0.25, 0.3) is 0 Å². The van der Waals surface area contributed by atoms with Gasteiger partial charge in [-0.1, -0.05) is 30.0 Å². The Bertz CT molecular complexity index is 271. The van der Waals surface area contributed by atoms with Crippen molar-refractivity contribution >= 4 is 11.8 Å². The normalized spacial score (nSPS) is 9.73. The highest BCUT2D eigenvalue weighted by atomic mass is 32.2. The standard InChI is InChI=1S/C9H7NS/c10-7-4-8-11-9-5-2-1-3-6-9/h1-6,8H. The van der Waals surface area contributed by atoms with Crippen molar-refractivity contribution < 1.29 is 0 Å². The number of nitrogens with zero attached hydrogens (tertiary/aromatic N) is 1. The molecule has 0 aliphatic carbocycles. The molecule has 1 aromatic rings. The number of thioether (sulfide) groups is 1. The van der Waals surface area contributed by atoms with Gasteiger partial charge in [-0.2, -0.15) is 5.26 Å². The Kier molecular flexibility index (Phi) is 3.30. The lowest BCUT2D eigenvalue weighted by atomic mass is 10.4. The summed E-state index contributed by atoms with van der Waals surface area (Å²) < 4.78 is 0. The SMILES string of the molecule is N#CC=CSc1ccccc1. The summed E-state index contributed by atoms with van der Waals surface area (Å²) in [5.74, 6) is 0. The predicted octanol–water partition coefficient (Wildman–Crippen LogP) is 2.82. The molecule has 0 saturated heterocycles. The lowest BCUT2D eigenvalue weighted by Crippen LogP contribution is -1.63. The summed E-state index contributed by atoms with van der Waals surface area (Å²) in [5, 5.41) is 9.97. The van der Waals surface area contributed by atoms with E-state index in [1.165, 1.54) is 6.08 Å². The molecular formula is C9H7NS. The smallest absolute Gasteiger partial charge is 0.0917 e. The average molecular weight is 161 g/mol. The van der Waals surface area contributed by atoms with E-state index in [0.717, 1.165) is 4.90 Å². The fraction of sp³-hybridized carbons (Fsp3) is 0. The molecule has 0 atom stereocenters. The maximum Gasteiger partial charge on any atom is 0.0917 e. The number of nitriles is 1. The van der Waals surface area contributed by atoms with Crippen LogP contribution in [0, 0.1) is 11.3 Å². The Labute approximate surface area is 70.4 Å². The van der Waals surface area contributed by atoms with Crippen molar-refractivity contribution in [2.75, 3.05) is 0 Å². The molecule has 0 N–H and O–H groups in total. The first-order valence-electron chi connectivity index (χ1n) is 3.20. The van der Waals surface area contributed by atoms with Crippen molar-refractivity contribution in [2.24, 2.45) is 0 Å². The number of rotatable bonds is 2. The third-order valence-corrected chi connectivity index (χ3v) is 1.91. The topological polar surface area (TPSA) is 23.8 Å². The Morgan fingerprint density at radius 1 is 1.27 bits per heavy atom. The first-order chi connectivity index (χ1) is 5.43. The van der Waals surface area contributed by atoms with Crippen LogP contribution in [-0.4, -0.2) is 0 Å². The molecule has 0 spiro atoms. The highest BCUT2D eigenvalue weighted by Crippen LogP contribution is 2.17. The van der Waals surface area contributed by atoms with Crippen LogP contribution >= 0.6 is 11.8 Å². The third kappa shape index (κ3) is 2.92. The third-order valence-electron chi connectivity index (χ3n) is 1.09. The monoisotopic (exact) mass is 161 g/mol. The number of benzene rings is 1. The van der Waals surface area contributed by atoms with Gasteiger partial charge in [0, 0.05) is 11.0 Å². The van der Waals surface area contributed by atoms with Crippen LogP contribution in [0.15, 0.2) is 46.7 Å². The molecule has 1 rings (SSSR count). The van der Waals surface area contributed by atoms with E-state index >= 15 is 0 Å². The second-order valence-corrected chi connectivity index (χ2v) is 2.84. The van der Waals surface area contributed by atoms with Crippen LogP contribution < -0.4 is 0 Å². The molecule has 1 aromatic carbocycles. The molecule has 2 heteroatoms. The molecule has 0 fully saturated rings. The summed E-state index contributed by atoms with van der Waals surface area (Å²) in [6, 6.07) is 11.9. The summed E-state index contributed by atoms with van der Waals surface area (Å²) in [6.45, 7) is 0. The molecule has 0 aliphatic heterocycles. The minimum absolute atomic E-state index is 1.15. The summed E-state index contributed by atoms with van der Waals surface area (Å²) in [4.78, 5) is 1.15. The average Bonchev–Trinajstić information content (AvgIpc) is 2.07. The van der Waals surface area contributed by atoms with Crippen molar-refractivity contribution in [1.82, 2.24) is 0 Å². The van der Waals surface area contributed by atoms with Crippen molar-refractivity contribution in [1.29, 1.82) is 5.26 Å². The first-order valence-corrected chi connectivity index (χ1v) is 4.08. The van der Waals surface area contributed by atoms with Gasteiger partial charge in [0.2, 0.25) is 0 Å². The van der Waals surface area contributed by atoms with Gasteiger partial charge < -0.3 is 0 Å². The number of hydrogen-bond acceptors (Lipinski definition) is 2. The van der Waals surface area contributed by atoms with Crippen LogP contribution in [0.5, 0.6) is 0 Å². The summed E-state index contributed by atoms with van der Waals surface area (Å²) in [5.41, 5.74) is 0. The van der Waals surface area contributed by atoms with Gasteiger partial charge in [0.15, 0.2) is 0 Å². The highest BCUT2D eigenvalue weighted by Gasteiger charge is 1.84. The molecule has 1 nitrogen and oxygen atoms in total. The molecule has 0 radical (unpaired) electrons. The van der Waals surface area contributed by atoms with Crippen molar-refractivity contribution in [3.05, 3.63) is 41.8 Å². The molecule has 54 valence electrons. The molecule has 0 amide bonds. The Morgan fingerprint density at radius 3 is 2.64 bits per heavy atom. The van der Waals surface area contributed by atoms with Gasteiger partial charge >= 0.3 is 0 Å². The quantitative estimate of drug-likeness (QED) is 0.492. The zero-order valence-electron chi connectivity index (χ0n) is 5.90. The second kappa shape index (κ2) is 4.59. The molecule has 0 saturated carbocycles. The molecular weight excluding hydrogens is 154 g/mol. The first kappa shape index (κ1) is 7.90. The van der Waals surface area contributed by atoms with Crippen molar-refractivity contribution in [2.45, 2.75) is 4.90 Å². The molecule has 0 bridgehead atoms. The Hall–Kier alpha value is -1.20. The van der Waals surface area contributed by atoms with Crippen LogP contribution in [0.3, 0.4) is 0 Å². The fourth-order valence-electron chi connectivity index (χ4n) is 0.642. The summed E-state index contributed by atoms with van der Waals surface area (Å²) in [7, 11) is 0. The van der Waals surface area contributed by atoms with Crippen LogP contribution in [-0.2, 0) is 0 Å². The molecule has 0 aromatic heterocycles. The Balaban J connectivity index is 2.53. The second-order valence-electron chi connectivity index (χ2n) is 1.86. The molecule has 0 heterocycles. The van der Waals surface area contributed by atoms with Crippen LogP contribution in [0.4, 0.5) is 0 Å². The van der Waals surface area contributed by atoms with Gasteiger partial charge in [-0.25, -0.2) is 0 Å². The summed E-state index contributed by atoms with van der Waals surface area (Å²) in [6.07, 6.45) is 1.47. The molecule has 11 heavy (non-hydrogen) atoms. The van der Waals surface area contributed by atoms with Crippen LogP contribution in [0.2, 0.25) is 0 Å². The molecule has 0 aliphatic rings. The Morgan fingerprint density at radius 2 is 2.00 bits per heavy atom. The molecule has 0 unspecified atom stereocenters. The maximum absolute atomic E-state index is 8.19. The summed E-state index contributed by atoms with van der Waals surface area (Å²) >= 11 is 1.54. The van der Waals surface area contributed by atoms with Gasteiger partial charge in [-0.15, -0.1) is 0 Å². The van der Waals surface area contributed by atoms with Crippen molar-refractivity contribution in [3.63, 3.8) is 0 Å².